The molecule has 4 nitrogen and oxygen atoms in total. The molecule has 3 rings (SSSR count). The number of carbonyl (C=O) groups excluding carboxylic acids is 1. The van der Waals surface area contributed by atoms with Crippen molar-refractivity contribution < 1.29 is 9.90 Å². The van der Waals surface area contributed by atoms with Gasteiger partial charge >= 0.3 is 0 Å². The molecule has 5 heteroatoms. The van der Waals surface area contributed by atoms with Gasteiger partial charge in [0, 0.05) is 16.1 Å². The van der Waals surface area contributed by atoms with Crippen LogP contribution in [-0.2, 0) is 0 Å². The number of hydrogen-bond acceptors (Lipinski definition) is 3. The van der Waals surface area contributed by atoms with Crippen LogP contribution in [0.15, 0.2) is 60.8 Å². The SMILES string of the molecule is O=C([O-])c1cnn(-c2cccc(Cl)c2)c1-c1ccccc1. The first-order chi connectivity index (χ1) is 10.2. The molecule has 0 atom stereocenters. The topological polar surface area (TPSA) is 57.9 Å². The van der Waals surface area contributed by atoms with Gasteiger partial charge in [-0.25, -0.2) is 4.68 Å². The molecule has 0 aliphatic carbocycles. The molecule has 1 heterocycles. The number of nitrogens with zero attached hydrogens (tertiary/aromatic N) is 2. The molecule has 0 N–H and O–H groups in total. The van der Waals surface area contributed by atoms with E-state index in [1.165, 1.54) is 6.20 Å². The summed E-state index contributed by atoms with van der Waals surface area (Å²) in [5, 5.41) is 16.0. The number of aromatic nitrogens is 2. The smallest absolute Gasteiger partial charge is 0.0831 e. The van der Waals surface area contributed by atoms with Crippen LogP contribution in [-0.4, -0.2) is 15.7 Å². The molecule has 1 aromatic heterocycles. The molecule has 0 bridgehead atoms. The van der Waals surface area contributed by atoms with Crippen molar-refractivity contribution in [2.75, 3.05) is 0 Å². The summed E-state index contributed by atoms with van der Waals surface area (Å²) in [6.45, 7) is 0. The monoisotopic (exact) mass is 297 g/mol. The normalized spacial score (nSPS) is 10.5. The van der Waals surface area contributed by atoms with Gasteiger partial charge in [0.05, 0.1) is 23.5 Å². The first-order valence-electron chi connectivity index (χ1n) is 6.27. The first kappa shape index (κ1) is 13.4. The third kappa shape index (κ3) is 2.53. The van der Waals surface area contributed by atoms with E-state index in [-0.39, 0.29) is 5.56 Å². The van der Waals surface area contributed by atoms with Crippen molar-refractivity contribution in [2.24, 2.45) is 0 Å². The molecule has 0 aliphatic heterocycles. The van der Waals surface area contributed by atoms with Gasteiger partial charge in [-0.05, 0) is 18.2 Å². The van der Waals surface area contributed by atoms with Crippen molar-refractivity contribution in [1.29, 1.82) is 0 Å². The first-order valence-corrected chi connectivity index (χ1v) is 6.65. The lowest BCUT2D eigenvalue weighted by atomic mass is 10.1. The van der Waals surface area contributed by atoms with Gasteiger partial charge in [0.1, 0.15) is 0 Å². The minimum Gasteiger partial charge on any atom is -0.545 e. The average molecular weight is 298 g/mol. The lowest BCUT2D eigenvalue weighted by Gasteiger charge is -2.11. The van der Waals surface area contributed by atoms with E-state index in [4.69, 9.17) is 11.6 Å². The zero-order valence-corrected chi connectivity index (χ0v) is 11.6. The largest absolute Gasteiger partial charge is 0.545 e. The van der Waals surface area contributed by atoms with Crippen LogP contribution >= 0.6 is 11.6 Å². The highest BCUT2D eigenvalue weighted by molar-refractivity contribution is 6.30. The van der Waals surface area contributed by atoms with E-state index < -0.39 is 5.97 Å². The Morgan fingerprint density at radius 2 is 1.86 bits per heavy atom. The molecular weight excluding hydrogens is 288 g/mol. The molecule has 2 aromatic carbocycles. The zero-order valence-electron chi connectivity index (χ0n) is 10.9. The number of rotatable bonds is 3. The van der Waals surface area contributed by atoms with Gasteiger partial charge in [0.2, 0.25) is 0 Å². The molecule has 0 fully saturated rings. The number of halogens is 1. The third-order valence-electron chi connectivity index (χ3n) is 3.09. The molecule has 0 unspecified atom stereocenters. The number of hydrogen-bond donors (Lipinski definition) is 0. The third-order valence-corrected chi connectivity index (χ3v) is 3.32. The Bertz CT molecular complexity index is 797. The van der Waals surface area contributed by atoms with Crippen LogP contribution < -0.4 is 5.11 Å². The Labute approximate surface area is 126 Å². The molecule has 0 radical (unpaired) electrons. The van der Waals surface area contributed by atoms with Crippen LogP contribution in [0, 0.1) is 0 Å². The van der Waals surface area contributed by atoms with Gasteiger partial charge in [-0.2, -0.15) is 5.10 Å². The lowest BCUT2D eigenvalue weighted by Crippen LogP contribution is -2.22. The highest BCUT2D eigenvalue weighted by Crippen LogP contribution is 2.27. The molecule has 104 valence electrons. The van der Waals surface area contributed by atoms with E-state index >= 15 is 0 Å². The van der Waals surface area contributed by atoms with Gasteiger partial charge in [-0.3, -0.25) is 0 Å². The number of carboxylic acids is 1. The summed E-state index contributed by atoms with van der Waals surface area (Å²) in [6.07, 6.45) is 1.29. The second-order valence-corrected chi connectivity index (χ2v) is 4.89. The van der Waals surface area contributed by atoms with Gasteiger partial charge in [0.25, 0.3) is 0 Å². The minimum absolute atomic E-state index is 0.0428. The van der Waals surface area contributed by atoms with E-state index in [0.717, 1.165) is 5.56 Å². The van der Waals surface area contributed by atoms with E-state index in [2.05, 4.69) is 5.10 Å². The van der Waals surface area contributed by atoms with E-state index in [1.54, 1.807) is 22.9 Å². The van der Waals surface area contributed by atoms with Crippen molar-refractivity contribution in [2.45, 2.75) is 0 Å². The molecule has 21 heavy (non-hydrogen) atoms. The van der Waals surface area contributed by atoms with Gasteiger partial charge in [0.15, 0.2) is 0 Å². The standard InChI is InChI=1S/C16H11ClN2O2/c17-12-7-4-8-13(9-12)19-15(11-5-2-1-3-6-11)14(10-18-19)16(20)21/h1-10H,(H,20,21)/p-1. The Morgan fingerprint density at radius 1 is 1.10 bits per heavy atom. The minimum atomic E-state index is -1.26. The van der Waals surface area contributed by atoms with Gasteiger partial charge < -0.3 is 9.90 Å². The zero-order chi connectivity index (χ0) is 14.8. The molecule has 0 saturated heterocycles. The Morgan fingerprint density at radius 3 is 2.52 bits per heavy atom. The number of benzene rings is 2. The summed E-state index contributed by atoms with van der Waals surface area (Å²) >= 11 is 5.99. The van der Waals surface area contributed by atoms with E-state index in [9.17, 15) is 9.90 Å². The van der Waals surface area contributed by atoms with Crippen LogP contribution in [0.5, 0.6) is 0 Å². The van der Waals surface area contributed by atoms with Gasteiger partial charge in [-0.1, -0.05) is 48.0 Å². The quantitative estimate of drug-likeness (QED) is 0.746. The van der Waals surface area contributed by atoms with Crippen molar-refractivity contribution >= 4 is 17.6 Å². The van der Waals surface area contributed by atoms with E-state index in [1.807, 2.05) is 36.4 Å². The fourth-order valence-electron chi connectivity index (χ4n) is 2.18. The van der Waals surface area contributed by atoms with E-state index in [0.29, 0.717) is 16.4 Å². The van der Waals surface area contributed by atoms with Crippen LogP contribution in [0.4, 0.5) is 0 Å². The van der Waals surface area contributed by atoms with Crippen molar-refractivity contribution in [3.8, 4) is 16.9 Å². The predicted octanol–water partition coefficient (Wildman–Crippen LogP) is 2.56. The van der Waals surface area contributed by atoms with Crippen LogP contribution in [0.3, 0.4) is 0 Å². The fourth-order valence-corrected chi connectivity index (χ4v) is 2.36. The molecule has 3 aromatic rings. The van der Waals surface area contributed by atoms with Crippen molar-refractivity contribution in [3.05, 3.63) is 71.4 Å². The lowest BCUT2D eigenvalue weighted by molar-refractivity contribution is -0.254. The maximum absolute atomic E-state index is 11.3. The second-order valence-electron chi connectivity index (χ2n) is 4.45. The maximum Gasteiger partial charge on any atom is 0.0831 e. The van der Waals surface area contributed by atoms with Crippen LogP contribution in [0.25, 0.3) is 16.9 Å². The molecule has 0 amide bonds. The van der Waals surface area contributed by atoms with Crippen molar-refractivity contribution in [3.63, 3.8) is 0 Å². The fraction of sp³-hybridized carbons (Fsp3) is 0. The summed E-state index contributed by atoms with van der Waals surface area (Å²) in [4.78, 5) is 11.3. The van der Waals surface area contributed by atoms with Crippen LogP contribution in [0.2, 0.25) is 5.02 Å². The Kier molecular flexibility index (Phi) is 3.46. The summed E-state index contributed by atoms with van der Waals surface area (Å²) in [5.41, 5.74) is 1.95. The summed E-state index contributed by atoms with van der Waals surface area (Å²) in [5.74, 6) is -1.26. The maximum atomic E-state index is 11.3. The highest BCUT2D eigenvalue weighted by atomic mass is 35.5. The van der Waals surface area contributed by atoms with Crippen molar-refractivity contribution in [1.82, 2.24) is 9.78 Å². The second kappa shape index (κ2) is 5.42. The number of carbonyl (C=O) groups is 1. The predicted molar refractivity (Wildman–Crippen MR) is 78.3 cm³/mol. The highest BCUT2D eigenvalue weighted by Gasteiger charge is 2.15. The molecule has 0 aliphatic rings. The average Bonchev–Trinajstić information content (AvgIpc) is 2.93. The molecule has 0 saturated carbocycles. The summed E-state index contributed by atoms with van der Waals surface area (Å²) in [7, 11) is 0. The summed E-state index contributed by atoms with van der Waals surface area (Å²) < 4.78 is 1.55. The van der Waals surface area contributed by atoms with Crippen LogP contribution in [0.1, 0.15) is 10.4 Å². The summed E-state index contributed by atoms with van der Waals surface area (Å²) in [6, 6.07) is 16.2. The number of carboxylic acid groups (broad SMARTS) is 1. The Hall–Kier alpha value is -2.59. The Balaban J connectivity index is 2.25. The van der Waals surface area contributed by atoms with Gasteiger partial charge in [-0.15, -0.1) is 0 Å². The molecular formula is C16H10ClN2O2-. The molecule has 0 spiro atoms. The number of aromatic carboxylic acids is 1.